The first kappa shape index (κ1) is 15.3. The van der Waals surface area contributed by atoms with Gasteiger partial charge in [0, 0.05) is 30.0 Å². The van der Waals surface area contributed by atoms with Gasteiger partial charge in [0.15, 0.2) is 0 Å². The molecule has 0 radical (unpaired) electrons. The maximum atomic E-state index is 11.7. The van der Waals surface area contributed by atoms with Crippen LogP contribution in [0, 0.1) is 0 Å². The molecule has 2 aromatic rings. The molecule has 0 unspecified atom stereocenters. The van der Waals surface area contributed by atoms with Crippen LogP contribution in [0.15, 0.2) is 47.8 Å². The van der Waals surface area contributed by atoms with Crippen LogP contribution in [-0.4, -0.2) is 24.9 Å². The van der Waals surface area contributed by atoms with Gasteiger partial charge in [0.1, 0.15) is 0 Å². The van der Waals surface area contributed by atoms with Crippen molar-refractivity contribution in [3.63, 3.8) is 0 Å². The van der Waals surface area contributed by atoms with Crippen molar-refractivity contribution in [2.24, 2.45) is 0 Å². The smallest absolute Gasteiger partial charge is 0.251 e. The maximum absolute atomic E-state index is 11.7. The maximum Gasteiger partial charge on any atom is 0.251 e. The third-order valence-corrected chi connectivity index (χ3v) is 3.88. The van der Waals surface area contributed by atoms with E-state index >= 15 is 0 Å². The topological polar surface area (TPSA) is 58.2 Å². The Morgan fingerprint density at radius 3 is 2.43 bits per heavy atom. The van der Waals surface area contributed by atoms with E-state index in [9.17, 15) is 9.59 Å². The first-order chi connectivity index (χ1) is 10.3. The number of rotatable bonds is 7. The third-order valence-electron chi connectivity index (χ3n) is 2.95. The van der Waals surface area contributed by atoms with E-state index in [1.165, 1.54) is 4.88 Å². The number of hydrogen-bond acceptors (Lipinski definition) is 3. The Morgan fingerprint density at radius 2 is 1.71 bits per heavy atom. The van der Waals surface area contributed by atoms with Gasteiger partial charge in [-0.3, -0.25) is 9.59 Å². The van der Waals surface area contributed by atoms with Crippen LogP contribution in [0.4, 0.5) is 0 Å². The van der Waals surface area contributed by atoms with Crippen LogP contribution in [0.3, 0.4) is 0 Å². The predicted octanol–water partition coefficient (Wildman–Crippen LogP) is 2.23. The van der Waals surface area contributed by atoms with Gasteiger partial charge in [0.05, 0.1) is 0 Å². The lowest BCUT2D eigenvalue weighted by Crippen LogP contribution is -2.34. The fourth-order valence-corrected chi connectivity index (χ4v) is 2.56. The molecule has 0 saturated heterocycles. The number of nitrogens with one attached hydrogen (secondary N) is 2. The normalized spacial score (nSPS) is 10.1. The minimum absolute atomic E-state index is 0.0114. The van der Waals surface area contributed by atoms with Gasteiger partial charge in [-0.1, -0.05) is 24.3 Å². The highest BCUT2D eigenvalue weighted by atomic mass is 32.1. The summed E-state index contributed by atoms with van der Waals surface area (Å²) in [6.07, 6.45) is 1.24. The average Bonchev–Trinajstić information content (AvgIpc) is 3.03. The van der Waals surface area contributed by atoms with E-state index in [0.717, 1.165) is 6.42 Å². The molecule has 2 N–H and O–H groups in total. The summed E-state index contributed by atoms with van der Waals surface area (Å²) in [5, 5.41) is 7.58. The fraction of sp³-hybridized carbons (Fsp3) is 0.250. The summed E-state index contributed by atoms with van der Waals surface area (Å²) < 4.78 is 0. The van der Waals surface area contributed by atoms with Crippen LogP contribution in [0.1, 0.15) is 21.7 Å². The molecule has 0 atom stereocenters. The van der Waals surface area contributed by atoms with Crippen LogP contribution in [0.25, 0.3) is 0 Å². The molecule has 1 aromatic heterocycles. The standard InChI is InChI=1S/C16H18N2O2S/c19-15(9-8-14-7-4-12-21-14)17-10-11-18-16(20)13-5-2-1-3-6-13/h1-7,12H,8-11H2,(H,17,19)(H,18,20). The number of aryl methyl sites for hydroxylation is 1. The number of carbonyl (C=O) groups excluding carboxylic acids is 2. The van der Waals surface area contributed by atoms with Crippen molar-refractivity contribution in [1.29, 1.82) is 0 Å². The first-order valence-electron chi connectivity index (χ1n) is 6.88. The molecule has 0 spiro atoms. The number of carbonyl (C=O) groups is 2. The van der Waals surface area contributed by atoms with Gasteiger partial charge in [-0.15, -0.1) is 11.3 Å². The molecule has 1 heterocycles. The molecule has 4 nitrogen and oxygen atoms in total. The first-order valence-corrected chi connectivity index (χ1v) is 7.76. The lowest BCUT2D eigenvalue weighted by molar-refractivity contribution is -0.121. The Kier molecular flexibility index (Phi) is 5.97. The van der Waals surface area contributed by atoms with Crippen molar-refractivity contribution in [2.45, 2.75) is 12.8 Å². The molecular formula is C16H18N2O2S. The second-order valence-electron chi connectivity index (χ2n) is 4.55. The van der Waals surface area contributed by atoms with Crippen molar-refractivity contribution in [1.82, 2.24) is 10.6 Å². The number of benzene rings is 1. The van der Waals surface area contributed by atoms with Crippen LogP contribution < -0.4 is 10.6 Å². The summed E-state index contributed by atoms with van der Waals surface area (Å²) in [5.41, 5.74) is 0.626. The number of thiophene rings is 1. The van der Waals surface area contributed by atoms with Gasteiger partial charge in [-0.2, -0.15) is 0 Å². The highest BCUT2D eigenvalue weighted by molar-refractivity contribution is 7.09. The highest BCUT2D eigenvalue weighted by Crippen LogP contribution is 2.10. The van der Waals surface area contributed by atoms with Crippen molar-refractivity contribution in [3.8, 4) is 0 Å². The Bertz CT molecular complexity index is 567. The summed E-state index contributed by atoms with van der Waals surface area (Å²) in [7, 11) is 0. The lowest BCUT2D eigenvalue weighted by atomic mass is 10.2. The third kappa shape index (κ3) is 5.39. The van der Waals surface area contributed by atoms with Crippen LogP contribution in [-0.2, 0) is 11.2 Å². The van der Waals surface area contributed by atoms with Gasteiger partial charge < -0.3 is 10.6 Å². The average molecular weight is 302 g/mol. The quantitative estimate of drug-likeness (QED) is 0.771. The molecule has 0 aliphatic rings. The lowest BCUT2D eigenvalue weighted by Gasteiger charge is -2.07. The van der Waals surface area contributed by atoms with E-state index in [-0.39, 0.29) is 11.8 Å². The predicted molar refractivity (Wildman–Crippen MR) is 84.4 cm³/mol. The van der Waals surface area contributed by atoms with Crippen LogP contribution in [0.5, 0.6) is 0 Å². The summed E-state index contributed by atoms with van der Waals surface area (Å²) >= 11 is 1.66. The number of amides is 2. The van der Waals surface area contributed by atoms with E-state index in [4.69, 9.17) is 0 Å². The molecule has 0 bridgehead atoms. The van der Waals surface area contributed by atoms with E-state index in [0.29, 0.717) is 25.1 Å². The number of hydrogen-bond donors (Lipinski definition) is 2. The van der Waals surface area contributed by atoms with Gasteiger partial charge in [0.2, 0.25) is 5.91 Å². The molecule has 2 rings (SSSR count). The van der Waals surface area contributed by atoms with Crippen molar-refractivity contribution >= 4 is 23.2 Å². The SMILES string of the molecule is O=C(CCc1cccs1)NCCNC(=O)c1ccccc1. The van der Waals surface area contributed by atoms with Gasteiger partial charge >= 0.3 is 0 Å². The Labute approximate surface area is 128 Å². The minimum atomic E-state index is -0.122. The van der Waals surface area contributed by atoms with E-state index < -0.39 is 0 Å². The van der Waals surface area contributed by atoms with Gasteiger partial charge in [-0.25, -0.2) is 0 Å². The van der Waals surface area contributed by atoms with Crippen molar-refractivity contribution in [3.05, 3.63) is 58.3 Å². The second kappa shape index (κ2) is 8.21. The van der Waals surface area contributed by atoms with Crippen LogP contribution >= 0.6 is 11.3 Å². The zero-order chi connectivity index (χ0) is 14.9. The van der Waals surface area contributed by atoms with Crippen molar-refractivity contribution < 1.29 is 9.59 Å². The van der Waals surface area contributed by atoms with E-state index in [1.54, 1.807) is 23.5 Å². The zero-order valence-electron chi connectivity index (χ0n) is 11.7. The Morgan fingerprint density at radius 1 is 0.952 bits per heavy atom. The summed E-state index contributed by atoms with van der Waals surface area (Å²) in [6, 6.07) is 13.0. The summed E-state index contributed by atoms with van der Waals surface area (Å²) in [6.45, 7) is 0.875. The van der Waals surface area contributed by atoms with E-state index in [1.807, 2.05) is 35.7 Å². The van der Waals surface area contributed by atoms with E-state index in [2.05, 4.69) is 10.6 Å². The van der Waals surface area contributed by atoms with Gasteiger partial charge in [0.25, 0.3) is 5.91 Å². The highest BCUT2D eigenvalue weighted by Gasteiger charge is 2.05. The molecule has 110 valence electrons. The second-order valence-corrected chi connectivity index (χ2v) is 5.58. The molecule has 2 amide bonds. The Hall–Kier alpha value is -2.14. The zero-order valence-corrected chi connectivity index (χ0v) is 12.5. The molecule has 0 aliphatic carbocycles. The monoisotopic (exact) mass is 302 g/mol. The van der Waals surface area contributed by atoms with Crippen molar-refractivity contribution in [2.75, 3.05) is 13.1 Å². The summed E-state index contributed by atoms with van der Waals surface area (Å²) in [5.74, 6) is -0.110. The minimum Gasteiger partial charge on any atom is -0.354 e. The van der Waals surface area contributed by atoms with Crippen LogP contribution in [0.2, 0.25) is 0 Å². The molecular weight excluding hydrogens is 284 g/mol. The Balaban J connectivity index is 1.59. The molecule has 0 aliphatic heterocycles. The molecule has 21 heavy (non-hydrogen) atoms. The fourth-order valence-electron chi connectivity index (χ4n) is 1.85. The molecule has 0 fully saturated rings. The molecule has 0 saturated carbocycles. The molecule has 5 heteroatoms. The summed E-state index contributed by atoms with van der Waals surface area (Å²) in [4.78, 5) is 24.6. The molecule has 1 aromatic carbocycles. The largest absolute Gasteiger partial charge is 0.354 e. The van der Waals surface area contributed by atoms with Gasteiger partial charge in [-0.05, 0) is 30.0 Å².